The third-order valence-corrected chi connectivity index (χ3v) is 7.56. The number of nitrogens with one attached hydrogen (secondary N) is 1. The zero-order chi connectivity index (χ0) is 32.7. The molecule has 0 aliphatic heterocycles. The van der Waals surface area contributed by atoms with E-state index < -0.39 is 36.4 Å². The van der Waals surface area contributed by atoms with Crippen LogP contribution in [0.5, 0.6) is 0 Å². The number of aromatic nitrogens is 1. The molecule has 1 aromatic heterocycles. The van der Waals surface area contributed by atoms with Gasteiger partial charge in [-0.2, -0.15) is 0 Å². The van der Waals surface area contributed by atoms with Crippen LogP contribution < -0.4 is 64.4 Å². The van der Waals surface area contributed by atoms with E-state index in [0.29, 0.717) is 27.9 Å². The number of aliphatic hydroxyl groups is 2. The van der Waals surface area contributed by atoms with E-state index in [4.69, 9.17) is 5.11 Å². The second-order valence-electron chi connectivity index (χ2n) is 11.2. The standard InChI is InChI=1S/C35H37FN2O7.2Na.2H/c1-21(2)38-29(17-16-27(39)18-28(40)19-30(41)42)31(24-12-14-26(36)15-13-24)32(23-6-4-3-5-7-23)33(38)34(43)37-20-22-8-10-25(11-9-22)35(44)45;;;;/h3-15,21,27-28,39-40H,16-20H2,1-2H3,(H,37,43)(H,41,42)(H,44,45);;;;/q;2*+1;2*-1. The summed E-state index contributed by atoms with van der Waals surface area (Å²) >= 11 is 0. The molecule has 3 aromatic carbocycles. The van der Waals surface area contributed by atoms with Crippen molar-refractivity contribution in [3.8, 4) is 22.3 Å². The van der Waals surface area contributed by atoms with Gasteiger partial charge in [-0.05, 0) is 74.1 Å². The number of hydrogen-bond acceptors (Lipinski definition) is 5. The van der Waals surface area contributed by atoms with Gasteiger partial charge in [-0.1, -0.05) is 54.6 Å². The van der Waals surface area contributed by atoms with Crippen molar-refractivity contribution in [2.24, 2.45) is 0 Å². The summed E-state index contributed by atoms with van der Waals surface area (Å²) in [5, 5.41) is 42.0. The fourth-order valence-corrected chi connectivity index (χ4v) is 5.54. The first kappa shape index (κ1) is 40.4. The Morgan fingerprint density at radius 1 is 0.830 bits per heavy atom. The van der Waals surface area contributed by atoms with Crippen molar-refractivity contribution in [3.05, 3.63) is 107 Å². The number of nitrogens with zero attached hydrogens (tertiary/aromatic N) is 1. The van der Waals surface area contributed by atoms with E-state index in [1.54, 1.807) is 24.3 Å². The van der Waals surface area contributed by atoms with Gasteiger partial charge in [0.1, 0.15) is 11.5 Å². The Morgan fingerprint density at radius 3 is 1.98 bits per heavy atom. The largest absolute Gasteiger partial charge is 1.00 e. The smallest absolute Gasteiger partial charge is 1.00 e. The second kappa shape index (κ2) is 18.7. The molecule has 4 aromatic rings. The molecular formula is C35H39FN2Na2O7. The van der Waals surface area contributed by atoms with E-state index in [-0.39, 0.29) is 105 Å². The summed E-state index contributed by atoms with van der Waals surface area (Å²) < 4.78 is 16.0. The Labute approximate surface area is 320 Å². The van der Waals surface area contributed by atoms with Gasteiger partial charge in [0.25, 0.3) is 5.91 Å². The minimum absolute atomic E-state index is 0. The van der Waals surface area contributed by atoms with E-state index in [9.17, 15) is 34.1 Å². The number of benzene rings is 3. The van der Waals surface area contributed by atoms with Crippen molar-refractivity contribution in [1.29, 1.82) is 0 Å². The summed E-state index contributed by atoms with van der Waals surface area (Å²) in [6, 6.07) is 21.3. The van der Waals surface area contributed by atoms with Crippen molar-refractivity contribution < 1.29 is 101 Å². The molecule has 47 heavy (non-hydrogen) atoms. The van der Waals surface area contributed by atoms with Crippen molar-refractivity contribution >= 4 is 17.8 Å². The average Bonchev–Trinajstić information content (AvgIpc) is 3.35. The monoisotopic (exact) mass is 664 g/mol. The molecule has 0 aliphatic rings. The predicted molar refractivity (Wildman–Crippen MR) is 170 cm³/mol. The summed E-state index contributed by atoms with van der Waals surface area (Å²) in [7, 11) is 0. The molecule has 2 unspecified atom stereocenters. The first-order valence-electron chi connectivity index (χ1n) is 14.7. The Balaban J connectivity index is 0.00000576. The van der Waals surface area contributed by atoms with Gasteiger partial charge in [0.05, 0.1) is 24.2 Å². The van der Waals surface area contributed by atoms with Gasteiger partial charge >= 0.3 is 71.1 Å². The Hall–Kier alpha value is -2.80. The fourth-order valence-electron chi connectivity index (χ4n) is 5.54. The molecule has 0 fully saturated rings. The minimum Gasteiger partial charge on any atom is -1.00 e. The quantitative estimate of drug-likeness (QED) is 0.119. The number of amides is 1. The van der Waals surface area contributed by atoms with Crippen LogP contribution in [0.4, 0.5) is 4.39 Å². The fraction of sp³-hybridized carbons (Fsp3) is 0.286. The molecular weight excluding hydrogens is 625 g/mol. The SMILES string of the molecule is CC(C)n1c(CCC(O)CC(O)CC(=O)O)c(-c2ccc(F)cc2)c(-c2ccccc2)c1C(=O)NCc1ccc(C(=O)O)cc1.[H-].[H-].[Na+].[Na+]. The van der Waals surface area contributed by atoms with Crippen LogP contribution in [0.25, 0.3) is 22.3 Å². The van der Waals surface area contributed by atoms with E-state index in [1.165, 1.54) is 24.3 Å². The van der Waals surface area contributed by atoms with Crippen LogP contribution in [-0.4, -0.2) is 55.0 Å². The van der Waals surface area contributed by atoms with Gasteiger partial charge in [0, 0.05) is 29.4 Å². The van der Waals surface area contributed by atoms with Gasteiger partial charge in [0.15, 0.2) is 0 Å². The number of rotatable bonds is 14. The Kier molecular flexibility index (Phi) is 16.0. The first-order valence-corrected chi connectivity index (χ1v) is 14.7. The van der Waals surface area contributed by atoms with Crippen molar-refractivity contribution in [1.82, 2.24) is 9.88 Å². The van der Waals surface area contributed by atoms with Crippen LogP contribution in [-0.2, 0) is 17.8 Å². The van der Waals surface area contributed by atoms with Crippen molar-refractivity contribution in [3.63, 3.8) is 0 Å². The molecule has 2 atom stereocenters. The number of carbonyl (C=O) groups is 3. The van der Waals surface area contributed by atoms with Crippen LogP contribution in [0.2, 0.25) is 0 Å². The maximum absolute atomic E-state index is 14.1. The summed E-state index contributed by atoms with van der Waals surface area (Å²) in [4.78, 5) is 36.4. The number of aliphatic hydroxyl groups excluding tert-OH is 2. The molecule has 0 bridgehead atoms. The van der Waals surface area contributed by atoms with Crippen molar-refractivity contribution in [2.45, 2.75) is 64.3 Å². The van der Waals surface area contributed by atoms with Crippen LogP contribution >= 0.6 is 0 Å². The topological polar surface area (TPSA) is 149 Å². The Bertz CT molecular complexity index is 1660. The molecule has 0 aliphatic carbocycles. The van der Waals surface area contributed by atoms with E-state index in [0.717, 1.165) is 11.3 Å². The van der Waals surface area contributed by atoms with E-state index in [1.807, 2.05) is 48.7 Å². The second-order valence-corrected chi connectivity index (χ2v) is 11.2. The van der Waals surface area contributed by atoms with Gasteiger partial charge < -0.3 is 33.2 Å². The minimum atomic E-state index is -1.21. The normalized spacial score (nSPS) is 12.0. The third-order valence-electron chi connectivity index (χ3n) is 7.56. The molecule has 9 nitrogen and oxygen atoms in total. The van der Waals surface area contributed by atoms with Gasteiger partial charge in [-0.15, -0.1) is 0 Å². The van der Waals surface area contributed by atoms with E-state index in [2.05, 4.69) is 5.32 Å². The number of hydrogen-bond donors (Lipinski definition) is 5. The van der Waals surface area contributed by atoms with Crippen LogP contribution in [0.15, 0.2) is 78.9 Å². The number of aromatic carboxylic acids is 1. The molecule has 0 saturated carbocycles. The number of carbonyl (C=O) groups excluding carboxylic acids is 1. The van der Waals surface area contributed by atoms with Gasteiger partial charge in [-0.3, -0.25) is 9.59 Å². The molecule has 0 spiro atoms. The summed E-state index contributed by atoms with van der Waals surface area (Å²) in [5.41, 5.74) is 4.69. The summed E-state index contributed by atoms with van der Waals surface area (Å²) in [6.07, 6.45) is -2.39. The maximum atomic E-state index is 14.1. The molecule has 4 rings (SSSR count). The summed E-state index contributed by atoms with van der Waals surface area (Å²) in [6.45, 7) is 4.00. The van der Waals surface area contributed by atoms with Crippen LogP contribution in [0, 0.1) is 5.82 Å². The van der Waals surface area contributed by atoms with Crippen LogP contribution in [0.3, 0.4) is 0 Å². The van der Waals surface area contributed by atoms with Gasteiger partial charge in [0.2, 0.25) is 0 Å². The molecule has 240 valence electrons. The number of carboxylic acids is 2. The molecule has 1 heterocycles. The first-order chi connectivity index (χ1) is 21.5. The maximum Gasteiger partial charge on any atom is 1.00 e. The molecule has 12 heteroatoms. The third kappa shape index (κ3) is 10.6. The van der Waals surface area contributed by atoms with Gasteiger partial charge in [-0.25, -0.2) is 9.18 Å². The summed E-state index contributed by atoms with van der Waals surface area (Å²) in [5.74, 6) is -3.00. The zero-order valence-corrected chi connectivity index (χ0v) is 31.1. The molecule has 0 saturated heterocycles. The van der Waals surface area contributed by atoms with E-state index >= 15 is 0 Å². The van der Waals surface area contributed by atoms with Crippen molar-refractivity contribution in [2.75, 3.05) is 0 Å². The Morgan fingerprint density at radius 2 is 1.43 bits per heavy atom. The number of carboxylic acid groups (broad SMARTS) is 2. The van der Waals surface area contributed by atoms with Crippen LogP contribution in [0.1, 0.15) is 74.1 Å². The predicted octanol–water partition coefficient (Wildman–Crippen LogP) is -0.0775. The number of halogens is 1. The molecule has 5 N–H and O–H groups in total. The zero-order valence-electron chi connectivity index (χ0n) is 29.1. The molecule has 0 radical (unpaired) electrons. The number of aliphatic carboxylic acids is 1. The molecule has 1 amide bonds. The average molecular weight is 665 g/mol.